The predicted molar refractivity (Wildman–Crippen MR) is 118 cm³/mol. The van der Waals surface area contributed by atoms with Crippen LogP contribution in [0, 0.1) is 5.82 Å². The number of fused-ring (bicyclic) bond motifs is 1. The first-order valence-electron chi connectivity index (χ1n) is 10.3. The van der Waals surface area contributed by atoms with E-state index in [4.69, 9.17) is 9.47 Å². The molecule has 2 heterocycles. The summed E-state index contributed by atoms with van der Waals surface area (Å²) in [7, 11) is 1.88. The zero-order chi connectivity index (χ0) is 21.5. The van der Waals surface area contributed by atoms with Crippen molar-refractivity contribution >= 4 is 11.6 Å². The highest BCUT2D eigenvalue weighted by atomic mass is 19.1. The van der Waals surface area contributed by atoms with Gasteiger partial charge < -0.3 is 20.1 Å². The minimum Gasteiger partial charge on any atom is -0.490 e. The largest absolute Gasteiger partial charge is 0.490 e. The Hall–Kier alpha value is -3.55. The minimum atomic E-state index is -0.228. The molecule has 1 aliphatic rings. The fourth-order valence-corrected chi connectivity index (χ4v) is 3.26. The Morgan fingerprint density at radius 1 is 1.13 bits per heavy atom. The Balaban J connectivity index is 1.45. The summed E-state index contributed by atoms with van der Waals surface area (Å²) in [6.45, 7) is 2.37. The quantitative estimate of drug-likeness (QED) is 0.469. The lowest BCUT2D eigenvalue weighted by Crippen LogP contribution is -2.32. The number of guanidine groups is 1. The maximum atomic E-state index is 13.4. The van der Waals surface area contributed by atoms with Gasteiger partial charge in [-0.2, -0.15) is 5.10 Å². The lowest BCUT2D eigenvalue weighted by molar-refractivity contribution is 0.297. The molecule has 0 atom stereocenters. The van der Waals surface area contributed by atoms with Crippen LogP contribution in [0.15, 0.2) is 59.9 Å². The third kappa shape index (κ3) is 5.97. The van der Waals surface area contributed by atoms with E-state index < -0.39 is 0 Å². The van der Waals surface area contributed by atoms with Gasteiger partial charge >= 0.3 is 0 Å². The maximum absolute atomic E-state index is 13.4. The van der Waals surface area contributed by atoms with E-state index in [9.17, 15) is 4.39 Å². The SMILES string of the molecule is Cn1cc(CN=C(NCCc2cccc(F)c2)Nc2ccc3c(c2)OCCCO3)cn1. The number of hydrogen-bond acceptors (Lipinski definition) is 4. The van der Waals surface area contributed by atoms with Gasteiger partial charge in [-0.25, -0.2) is 9.38 Å². The lowest BCUT2D eigenvalue weighted by atomic mass is 10.1. The van der Waals surface area contributed by atoms with Crippen molar-refractivity contribution in [2.75, 3.05) is 25.1 Å². The van der Waals surface area contributed by atoms with Crippen molar-refractivity contribution in [1.82, 2.24) is 15.1 Å². The van der Waals surface area contributed by atoms with Crippen LogP contribution < -0.4 is 20.1 Å². The van der Waals surface area contributed by atoms with Gasteiger partial charge in [-0.3, -0.25) is 4.68 Å². The lowest BCUT2D eigenvalue weighted by Gasteiger charge is -2.14. The maximum Gasteiger partial charge on any atom is 0.196 e. The molecular weight excluding hydrogens is 397 g/mol. The number of aromatic nitrogens is 2. The second-order valence-electron chi connectivity index (χ2n) is 7.33. The molecule has 0 spiro atoms. The molecule has 7 nitrogen and oxygen atoms in total. The molecule has 0 amide bonds. The first-order chi connectivity index (χ1) is 15.2. The van der Waals surface area contributed by atoms with E-state index in [0.29, 0.717) is 44.4 Å². The standard InChI is InChI=1S/C23H26FN5O2/c1-29-16-18(15-27-29)14-26-23(25-9-8-17-4-2-5-19(24)12-17)28-20-6-7-21-22(13-20)31-11-3-10-30-21/h2,4-7,12-13,15-16H,3,8-11,14H2,1H3,(H2,25,26,28). The smallest absolute Gasteiger partial charge is 0.196 e. The van der Waals surface area contributed by atoms with Gasteiger partial charge in [0.05, 0.1) is 26.0 Å². The van der Waals surface area contributed by atoms with Gasteiger partial charge in [-0.1, -0.05) is 12.1 Å². The van der Waals surface area contributed by atoms with Crippen molar-refractivity contribution in [3.05, 3.63) is 71.8 Å². The predicted octanol–water partition coefficient (Wildman–Crippen LogP) is 3.52. The Labute approximate surface area is 180 Å². The molecule has 162 valence electrons. The van der Waals surface area contributed by atoms with E-state index in [-0.39, 0.29) is 5.82 Å². The summed E-state index contributed by atoms with van der Waals surface area (Å²) >= 11 is 0. The average Bonchev–Trinajstić information content (AvgIpc) is 3.03. The molecule has 0 unspecified atom stereocenters. The summed E-state index contributed by atoms with van der Waals surface area (Å²) < 4.78 is 26.7. The van der Waals surface area contributed by atoms with Crippen molar-refractivity contribution in [1.29, 1.82) is 0 Å². The number of nitrogens with zero attached hydrogens (tertiary/aromatic N) is 3. The van der Waals surface area contributed by atoms with Gasteiger partial charge in [0.2, 0.25) is 0 Å². The van der Waals surface area contributed by atoms with Gasteiger partial charge in [-0.15, -0.1) is 0 Å². The molecule has 1 aliphatic heterocycles. The first-order valence-corrected chi connectivity index (χ1v) is 10.3. The third-order valence-electron chi connectivity index (χ3n) is 4.78. The molecule has 8 heteroatoms. The first kappa shape index (κ1) is 20.7. The number of ether oxygens (including phenoxy) is 2. The minimum absolute atomic E-state index is 0.228. The van der Waals surface area contributed by atoms with Crippen molar-refractivity contribution in [3.63, 3.8) is 0 Å². The number of aliphatic imine (C=N–C) groups is 1. The molecular formula is C23H26FN5O2. The number of benzene rings is 2. The summed E-state index contributed by atoms with van der Waals surface area (Å²) in [6.07, 6.45) is 5.26. The van der Waals surface area contributed by atoms with Crippen LogP contribution in [0.3, 0.4) is 0 Å². The normalized spacial score (nSPS) is 13.5. The number of rotatable bonds is 6. The van der Waals surface area contributed by atoms with Crippen LogP contribution in [0.5, 0.6) is 11.5 Å². The van der Waals surface area contributed by atoms with Gasteiger partial charge in [0.15, 0.2) is 17.5 Å². The van der Waals surface area contributed by atoms with E-state index in [1.807, 2.05) is 37.5 Å². The summed E-state index contributed by atoms with van der Waals surface area (Å²) in [5.74, 6) is 1.85. The average molecular weight is 423 g/mol. The van der Waals surface area contributed by atoms with E-state index in [1.165, 1.54) is 6.07 Å². The molecule has 0 bridgehead atoms. The molecule has 0 fully saturated rings. The molecule has 2 aromatic carbocycles. The van der Waals surface area contributed by atoms with Gasteiger partial charge in [0.1, 0.15) is 5.82 Å². The Morgan fingerprint density at radius 2 is 2.00 bits per heavy atom. The van der Waals surface area contributed by atoms with Crippen LogP contribution in [0.2, 0.25) is 0 Å². The summed E-state index contributed by atoms with van der Waals surface area (Å²) in [5, 5.41) is 10.8. The van der Waals surface area contributed by atoms with Crippen molar-refractivity contribution in [3.8, 4) is 11.5 Å². The Bertz CT molecular complexity index is 1050. The summed E-state index contributed by atoms with van der Waals surface area (Å²) in [6, 6.07) is 12.4. The van der Waals surface area contributed by atoms with Crippen LogP contribution in [-0.4, -0.2) is 35.5 Å². The molecule has 2 N–H and O–H groups in total. The Morgan fingerprint density at radius 3 is 2.81 bits per heavy atom. The Kier molecular flexibility index (Phi) is 6.66. The topological polar surface area (TPSA) is 72.7 Å². The van der Waals surface area contributed by atoms with Gasteiger partial charge in [0.25, 0.3) is 0 Å². The van der Waals surface area contributed by atoms with Crippen LogP contribution in [0.25, 0.3) is 0 Å². The van der Waals surface area contributed by atoms with Crippen LogP contribution >= 0.6 is 0 Å². The fraction of sp³-hybridized carbons (Fsp3) is 0.304. The third-order valence-corrected chi connectivity index (χ3v) is 4.78. The molecule has 4 rings (SSSR count). The van der Waals surface area contributed by atoms with Crippen LogP contribution in [-0.2, 0) is 20.0 Å². The van der Waals surface area contributed by atoms with Crippen molar-refractivity contribution < 1.29 is 13.9 Å². The highest BCUT2D eigenvalue weighted by Crippen LogP contribution is 2.32. The number of halogens is 1. The second kappa shape index (κ2) is 9.97. The van der Waals surface area contributed by atoms with Crippen LogP contribution in [0.1, 0.15) is 17.5 Å². The number of anilines is 1. The second-order valence-corrected chi connectivity index (χ2v) is 7.33. The van der Waals surface area contributed by atoms with E-state index in [2.05, 4.69) is 20.7 Å². The molecule has 0 saturated carbocycles. The molecule has 31 heavy (non-hydrogen) atoms. The molecule has 1 aromatic heterocycles. The highest BCUT2D eigenvalue weighted by Gasteiger charge is 2.11. The van der Waals surface area contributed by atoms with Crippen molar-refractivity contribution in [2.24, 2.45) is 12.0 Å². The van der Waals surface area contributed by atoms with E-state index in [1.54, 1.807) is 23.0 Å². The van der Waals surface area contributed by atoms with Crippen LogP contribution in [0.4, 0.5) is 10.1 Å². The molecule has 3 aromatic rings. The van der Waals surface area contributed by atoms with E-state index >= 15 is 0 Å². The summed E-state index contributed by atoms with van der Waals surface area (Å²) in [4.78, 5) is 4.68. The zero-order valence-electron chi connectivity index (χ0n) is 17.5. The summed E-state index contributed by atoms with van der Waals surface area (Å²) in [5.41, 5.74) is 2.77. The fourth-order valence-electron chi connectivity index (χ4n) is 3.26. The van der Waals surface area contributed by atoms with Crippen molar-refractivity contribution in [2.45, 2.75) is 19.4 Å². The molecule has 0 saturated heterocycles. The number of aryl methyl sites for hydroxylation is 1. The number of nitrogens with one attached hydrogen (secondary N) is 2. The van der Waals surface area contributed by atoms with Gasteiger partial charge in [-0.05, 0) is 36.2 Å². The highest BCUT2D eigenvalue weighted by molar-refractivity contribution is 5.94. The molecule has 0 radical (unpaired) electrons. The van der Waals surface area contributed by atoms with E-state index in [0.717, 1.165) is 29.0 Å². The molecule has 0 aliphatic carbocycles. The monoisotopic (exact) mass is 423 g/mol. The number of hydrogen-bond donors (Lipinski definition) is 2. The van der Waals surface area contributed by atoms with Gasteiger partial charge in [0, 0.05) is 43.5 Å². The zero-order valence-corrected chi connectivity index (χ0v) is 17.5.